The van der Waals surface area contributed by atoms with Crippen molar-refractivity contribution in [3.63, 3.8) is 0 Å². The van der Waals surface area contributed by atoms with Crippen LogP contribution in [0.25, 0.3) is 0 Å². The van der Waals surface area contributed by atoms with Crippen molar-refractivity contribution in [3.05, 3.63) is 0 Å². The third kappa shape index (κ3) is 11.2. The van der Waals surface area contributed by atoms with Gasteiger partial charge in [0.25, 0.3) is 0 Å². The lowest BCUT2D eigenvalue weighted by Crippen LogP contribution is -2.32. The number of hydrogen-bond acceptors (Lipinski definition) is 4. The number of amides is 2. The minimum absolute atomic E-state index is 0.177. The lowest BCUT2D eigenvalue weighted by molar-refractivity contribution is 0.111. The van der Waals surface area contributed by atoms with Crippen LogP contribution in [0.4, 0.5) is 9.59 Å². The highest BCUT2D eigenvalue weighted by Crippen LogP contribution is 1.89. The van der Waals surface area contributed by atoms with Crippen molar-refractivity contribution in [2.75, 3.05) is 52.6 Å². The van der Waals surface area contributed by atoms with Gasteiger partial charge in [0.05, 0.1) is 13.2 Å². The molecule has 0 spiro atoms. The first-order valence-corrected chi connectivity index (χ1v) is 7.59. The van der Waals surface area contributed by atoms with E-state index in [4.69, 9.17) is 19.7 Å². The number of likely N-dealkylation sites (N-methyl/N-ethyl adjacent to an activating group) is 2. The first-order valence-electron chi connectivity index (χ1n) is 7.59. The van der Waals surface area contributed by atoms with Crippen molar-refractivity contribution in [2.24, 2.45) is 0 Å². The van der Waals surface area contributed by atoms with Gasteiger partial charge in [-0.15, -0.1) is 0 Å². The van der Waals surface area contributed by atoms with Gasteiger partial charge in [0.15, 0.2) is 0 Å². The zero-order valence-electron chi connectivity index (χ0n) is 14.1. The molecule has 2 N–H and O–H groups in total. The Hall–Kier alpha value is -2.42. The number of rotatable bonds is 10. The van der Waals surface area contributed by atoms with E-state index >= 15 is 0 Å². The molecular weight excluding hydrogens is 316 g/mol. The number of carbonyl (C=O) groups is 2. The maximum atomic E-state index is 10.7. The van der Waals surface area contributed by atoms with Crippen LogP contribution in [0.15, 0.2) is 0 Å². The van der Waals surface area contributed by atoms with E-state index in [9.17, 15) is 9.59 Å². The Bertz CT molecular complexity index is 454. The summed E-state index contributed by atoms with van der Waals surface area (Å²) in [5.74, 6) is 10.6. The van der Waals surface area contributed by atoms with Gasteiger partial charge >= 0.3 is 12.2 Å². The van der Waals surface area contributed by atoms with Crippen molar-refractivity contribution in [2.45, 2.75) is 13.8 Å². The number of ether oxygens (including phenoxy) is 2. The number of carboxylic acid groups (broad SMARTS) is 2. The fourth-order valence-corrected chi connectivity index (χ4v) is 1.53. The zero-order chi connectivity index (χ0) is 18.2. The minimum atomic E-state index is -0.969. The van der Waals surface area contributed by atoms with Gasteiger partial charge in [0, 0.05) is 26.2 Å². The fraction of sp³-hybridized carbons (Fsp3) is 0.625. The number of nitrogens with zero attached hydrogens (tertiary/aromatic N) is 2. The van der Waals surface area contributed by atoms with Crippen LogP contribution >= 0.6 is 0 Å². The monoisotopic (exact) mass is 340 g/mol. The summed E-state index contributed by atoms with van der Waals surface area (Å²) in [6.07, 6.45) is -1.94. The molecule has 0 rings (SSSR count). The Morgan fingerprint density at radius 2 is 1.21 bits per heavy atom. The van der Waals surface area contributed by atoms with Crippen LogP contribution in [0, 0.1) is 23.7 Å². The van der Waals surface area contributed by atoms with Gasteiger partial charge in [-0.25, -0.2) is 9.59 Å². The van der Waals surface area contributed by atoms with Gasteiger partial charge in [0.2, 0.25) is 0 Å². The Morgan fingerprint density at radius 1 is 0.833 bits per heavy atom. The van der Waals surface area contributed by atoms with Crippen LogP contribution in [0.1, 0.15) is 13.8 Å². The summed E-state index contributed by atoms with van der Waals surface area (Å²) in [5, 5.41) is 17.6. The SMILES string of the molecule is CCN(CCOCC#CC#CCOCCN(CC)C(=O)O)C(=O)O. The highest BCUT2D eigenvalue weighted by molar-refractivity contribution is 5.65. The molecule has 0 aromatic rings. The predicted octanol–water partition coefficient (Wildman–Crippen LogP) is 1.03. The second kappa shape index (κ2) is 14.2. The van der Waals surface area contributed by atoms with E-state index in [-0.39, 0.29) is 26.4 Å². The molecule has 0 aliphatic rings. The van der Waals surface area contributed by atoms with E-state index in [1.54, 1.807) is 13.8 Å². The van der Waals surface area contributed by atoms with Crippen molar-refractivity contribution in [1.82, 2.24) is 9.80 Å². The van der Waals surface area contributed by atoms with Crippen LogP contribution in [0.2, 0.25) is 0 Å². The molecule has 0 bridgehead atoms. The molecule has 8 heteroatoms. The summed E-state index contributed by atoms with van der Waals surface area (Å²) < 4.78 is 10.4. The van der Waals surface area contributed by atoms with Gasteiger partial charge in [-0.3, -0.25) is 0 Å². The molecule has 0 aromatic heterocycles. The highest BCUT2D eigenvalue weighted by Gasteiger charge is 2.08. The normalized spacial score (nSPS) is 9.25. The molecule has 0 saturated carbocycles. The molecule has 0 fully saturated rings. The van der Waals surface area contributed by atoms with Crippen LogP contribution in [-0.4, -0.2) is 84.8 Å². The predicted molar refractivity (Wildman–Crippen MR) is 87.7 cm³/mol. The number of hydrogen-bond donors (Lipinski definition) is 2. The van der Waals surface area contributed by atoms with Crippen LogP contribution in [0.3, 0.4) is 0 Å². The lowest BCUT2D eigenvalue weighted by Gasteiger charge is -2.15. The van der Waals surface area contributed by atoms with E-state index in [1.165, 1.54) is 9.80 Å². The topological polar surface area (TPSA) is 99.5 Å². The summed E-state index contributed by atoms with van der Waals surface area (Å²) in [7, 11) is 0. The van der Waals surface area contributed by atoms with Crippen molar-refractivity contribution >= 4 is 12.2 Å². The first kappa shape index (κ1) is 21.6. The maximum Gasteiger partial charge on any atom is 0.407 e. The molecule has 0 saturated heterocycles. The second-order valence-corrected chi connectivity index (χ2v) is 4.43. The van der Waals surface area contributed by atoms with E-state index in [1.807, 2.05) is 0 Å². The summed E-state index contributed by atoms with van der Waals surface area (Å²) >= 11 is 0. The van der Waals surface area contributed by atoms with Gasteiger partial charge in [-0.2, -0.15) is 0 Å². The Kier molecular flexibility index (Phi) is 12.8. The van der Waals surface area contributed by atoms with Gasteiger partial charge in [0.1, 0.15) is 13.2 Å². The van der Waals surface area contributed by atoms with Crippen LogP contribution in [0.5, 0.6) is 0 Å². The van der Waals surface area contributed by atoms with Gasteiger partial charge in [-0.1, -0.05) is 11.8 Å². The summed E-state index contributed by atoms with van der Waals surface area (Å²) in [4.78, 5) is 23.9. The Balaban J connectivity index is 3.69. The molecule has 24 heavy (non-hydrogen) atoms. The summed E-state index contributed by atoms with van der Waals surface area (Å²) in [6, 6.07) is 0. The van der Waals surface area contributed by atoms with Gasteiger partial charge < -0.3 is 29.5 Å². The average Bonchev–Trinajstić information content (AvgIpc) is 2.54. The molecule has 0 heterocycles. The molecule has 2 amide bonds. The summed E-state index contributed by atoms with van der Waals surface area (Å²) in [6.45, 7) is 5.87. The van der Waals surface area contributed by atoms with E-state index < -0.39 is 12.2 Å². The maximum absolute atomic E-state index is 10.7. The molecule has 8 nitrogen and oxygen atoms in total. The molecule has 0 unspecified atom stereocenters. The van der Waals surface area contributed by atoms with Crippen molar-refractivity contribution in [3.8, 4) is 23.7 Å². The van der Waals surface area contributed by atoms with Crippen molar-refractivity contribution < 1.29 is 29.3 Å². The molecule has 0 radical (unpaired) electrons. The molecule has 0 aromatic carbocycles. The zero-order valence-corrected chi connectivity index (χ0v) is 14.1. The van der Waals surface area contributed by atoms with E-state index in [0.717, 1.165) is 0 Å². The average molecular weight is 340 g/mol. The van der Waals surface area contributed by atoms with E-state index in [2.05, 4.69) is 23.7 Å². The largest absolute Gasteiger partial charge is 0.465 e. The molecule has 0 aliphatic heterocycles. The molecule has 134 valence electrons. The summed E-state index contributed by atoms with van der Waals surface area (Å²) in [5.41, 5.74) is 0. The third-order valence-corrected chi connectivity index (χ3v) is 2.90. The Morgan fingerprint density at radius 3 is 1.50 bits per heavy atom. The van der Waals surface area contributed by atoms with Gasteiger partial charge in [-0.05, 0) is 25.7 Å². The molecular formula is C16H24N2O6. The van der Waals surface area contributed by atoms with E-state index in [0.29, 0.717) is 26.2 Å². The third-order valence-electron chi connectivity index (χ3n) is 2.90. The van der Waals surface area contributed by atoms with Crippen LogP contribution in [-0.2, 0) is 9.47 Å². The highest BCUT2D eigenvalue weighted by atomic mass is 16.5. The standard InChI is InChI=1S/C16H24N2O6/c1-3-17(15(19)20)9-13-23-11-7-5-6-8-12-24-14-10-18(4-2)16(21)22/h3-4,9-14H2,1-2H3,(H,19,20)(H,21,22). The fourth-order valence-electron chi connectivity index (χ4n) is 1.53. The molecule has 0 atom stereocenters. The minimum Gasteiger partial charge on any atom is -0.465 e. The first-order chi connectivity index (χ1) is 11.5. The second-order valence-electron chi connectivity index (χ2n) is 4.43. The lowest BCUT2D eigenvalue weighted by atomic mass is 10.5. The van der Waals surface area contributed by atoms with Crippen LogP contribution < -0.4 is 0 Å². The quantitative estimate of drug-likeness (QED) is 0.455. The van der Waals surface area contributed by atoms with Crippen molar-refractivity contribution in [1.29, 1.82) is 0 Å². The smallest absolute Gasteiger partial charge is 0.407 e. The molecule has 0 aliphatic carbocycles. The Labute approximate surface area is 142 Å².